The second-order valence-corrected chi connectivity index (χ2v) is 6.14. The van der Waals surface area contributed by atoms with Gasteiger partial charge in [0.15, 0.2) is 0 Å². The normalized spacial score (nSPS) is 14.0. The number of rotatable bonds is 2. The maximum Gasteiger partial charge on any atom is 0.254 e. The summed E-state index contributed by atoms with van der Waals surface area (Å²) in [7, 11) is 1.64. The molecule has 0 saturated carbocycles. The Morgan fingerprint density at radius 2 is 2.19 bits per heavy atom. The van der Waals surface area contributed by atoms with E-state index in [1.54, 1.807) is 7.11 Å². The van der Waals surface area contributed by atoms with Crippen LogP contribution in [0.3, 0.4) is 0 Å². The van der Waals surface area contributed by atoms with Gasteiger partial charge in [-0.1, -0.05) is 0 Å². The number of amides is 1. The molecule has 0 saturated heterocycles. The van der Waals surface area contributed by atoms with Crippen LogP contribution in [0.4, 0.5) is 0 Å². The van der Waals surface area contributed by atoms with Crippen LogP contribution in [0.2, 0.25) is 0 Å². The number of carbonyl (C=O) groups excluding carboxylic acids is 1. The number of hydrogen-bond donors (Lipinski definition) is 1. The number of aromatic nitrogens is 1. The zero-order valence-corrected chi connectivity index (χ0v) is 13.7. The summed E-state index contributed by atoms with van der Waals surface area (Å²) in [6.45, 7) is 3.35. The third-order valence-corrected chi connectivity index (χ3v) is 4.31. The largest absolute Gasteiger partial charge is 0.496 e. The molecule has 0 atom stereocenters. The van der Waals surface area contributed by atoms with Crippen LogP contribution in [0.5, 0.6) is 5.75 Å². The number of aryl methyl sites for hydroxylation is 1. The second kappa shape index (κ2) is 5.56. The Morgan fingerprint density at radius 1 is 1.38 bits per heavy atom. The predicted molar refractivity (Wildman–Crippen MR) is 84.7 cm³/mol. The quantitative estimate of drug-likeness (QED) is 0.904. The minimum atomic E-state index is 0.0729. The number of hydrogen-bond acceptors (Lipinski definition) is 2. The molecule has 4 nitrogen and oxygen atoms in total. The van der Waals surface area contributed by atoms with Gasteiger partial charge in [-0.2, -0.15) is 0 Å². The van der Waals surface area contributed by atoms with Gasteiger partial charge in [-0.3, -0.25) is 4.79 Å². The lowest BCUT2D eigenvalue weighted by atomic mass is 10.1. The molecule has 1 amide bonds. The Morgan fingerprint density at radius 3 is 2.90 bits per heavy atom. The van der Waals surface area contributed by atoms with Gasteiger partial charge in [0.05, 0.1) is 11.7 Å². The van der Waals surface area contributed by atoms with Crippen LogP contribution in [0.25, 0.3) is 0 Å². The van der Waals surface area contributed by atoms with Crippen molar-refractivity contribution in [1.82, 2.24) is 9.88 Å². The van der Waals surface area contributed by atoms with Crippen molar-refractivity contribution in [3.8, 4) is 5.75 Å². The Bertz CT molecular complexity index is 694. The average Bonchev–Trinajstić information content (AvgIpc) is 2.85. The molecule has 21 heavy (non-hydrogen) atoms. The van der Waals surface area contributed by atoms with E-state index in [0.717, 1.165) is 28.9 Å². The monoisotopic (exact) mass is 348 g/mol. The molecule has 3 rings (SSSR count). The van der Waals surface area contributed by atoms with Gasteiger partial charge in [-0.15, -0.1) is 0 Å². The first kappa shape index (κ1) is 14.2. The Hall–Kier alpha value is -1.75. The second-order valence-electron chi connectivity index (χ2n) is 5.28. The van der Waals surface area contributed by atoms with Crippen LogP contribution >= 0.6 is 15.9 Å². The fourth-order valence-electron chi connectivity index (χ4n) is 2.76. The summed E-state index contributed by atoms with van der Waals surface area (Å²) < 4.78 is 6.21. The summed E-state index contributed by atoms with van der Waals surface area (Å²) in [4.78, 5) is 17.8. The van der Waals surface area contributed by atoms with Gasteiger partial charge in [0.25, 0.3) is 5.91 Å². The molecular formula is C16H17BrN2O2. The molecule has 2 aromatic rings. The summed E-state index contributed by atoms with van der Waals surface area (Å²) in [6.07, 6.45) is 0.863. The number of benzene rings is 1. The SMILES string of the molecule is COc1ccc(C(=O)N2CCc3[nH]c(Br)cc3C2)cc1C. The van der Waals surface area contributed by atoms with Crippen LogP contribution in [0.1, 0.15) is 27.2 Å². The first-order valence-electron chi connectivity index (χ1n) is 6.88. The smallest absolute Gasteiger partial charge is 0.254 e. The zero-order valence-electron chi connectivity index (χ0n) is 12.1. The Balaban J connectivity index is 1.81. The number of carbonyl (C=O) groups is 1. The molecule has 0 fully saturated rings. The van der Waals surface area contributed by atoms with Gasteiger partial charge >= 0.3 is 0 Å². The number of fused-ring (bicyclic) bond motifs is 1. The van der Waals surface area contributed by atoms with E-state index in [1.807, 2.05) is 36.1 Å². The van der Waals surface area contributed by atoms with E-state index in [4.69, 9.17) is 4.74 Å². The van der Waals surface area contributed by atoms with Crippen LogP contribution in [-0.2, 0) is 13.0 Å². The number of halogens is 1. The first-order chi connectivity index (χ1) is 10.1. The van der Waals surface area contributed by atoms with Crippen LogP contribution in [0.15, 0.2) is 28.9 Å². The highest BCUT2D eigenvalue weighted by molar-refractivity contribution is 9.10. The van der Waals surface area contributed by atoms with E-state index in [9.17, 15) is 4.79 Å². The van der Waals surface area contributed by atoms with E-state index >= 15 is 0 Å². The number of aromatic amines is 1. The molecule has 1 aliphatic rings. The summed E-state index contributed by atoms with van der Waals surface area (Å²) >= 11 is 3.45. The molecule has 2 heterocycles. The predicted octanol–water partition coefficient (Wildman–Crippen LogP) is 3.29. The van der Waals surface area contributed by atoms with E-state index < -0.39 is 0 Å². The molecule has 0 radical (unpaired) electrons. The molecule has 0 aliphatic carbocycles. The number of methoxy groups -OCH3 is 1. The molecule has 1 N–H and O–H groups in total. The molecule has 0 bridgehead atoms. The number of nitrogens with one attached hydrogen (secondary N) is 1. The van der Waals surface area contributed by atoms with Crippen molar-refractivity contribution in [3.05, 3.63) is 51.3 Å². The number of ether oxygens (including phenoxy) is 1. The number of nitrogens with zero attached hydrogens (tertiary/aromatic N) is 1. The minimum absolute atomic E-state index is 0.0729. The maximum atomic E-state index is 12.6. The lowest BCUT2D eigenvalue weighted by Gasteiger charge is -2.27. The van der Waals surface area contributed by atoms with Crippen molar-refractivity contribution in [1.29, 1.82) is 0 Å². The molecule has 0 unspecified atom stereocenters. The molecular weight excluding hydrogens is 332 g/mol. The van der Waals surface area contributed by atoms with Crippen molar-refractivity contribution in [2.24, 2.45) is 0 Å². The topological polar surface area (TPSA) is 45.3 Å². The highest BCUT2D eigenvalue weighted by Crippen LogP contribution is 2.25. The molecule has 0 spiro atoms. The lowest BCUT2D eigenvalue weighted by molar-refractivity contribution is 0.0734. The van der Waals surface area contributed by atoms with Gasteiger partial charge in [0, 0.05) is 30.8 Å². The van der Waals surface area contributed by atoms with Crippen LogP contribution < -0.4 is 4.74 Å². The van der Waals surface area contributed by atoms with E-state index in [1.165, 1.54) is 11.3 Å². The van der Waals surface area contributed by atoms with Gasteiger partial charge < -0.3 is 14.6 Å². The van der Waals surface area contributed by atoms with Crippen LogP contribution in [0, 0.1) is 6.92 Å². The van der Waals surface area contributed by atoms with Crippen LogP contribution in [-0.4, -0.2) is 29.4 Å². The van der Waals surface area contributed by atoms with Gasteiger partial charge in [-0.25, -0.2) is 0 Å². The summed E-state index contributed by atoms with van der Waals surface area (Å²) in [5, 5.41) is 0. The zero-order chi connectivity index (χ0) is 15.0. The fraction of sp³-hybridized carbons (Fsp3) is 0.312. The van der Waals surface area contributed by atoms with Gasteiger partial charge in [0.1, 0.15) is 5.75 Å². The maximum absolute atomic E-state index is 12.6. The molecule has 1 aliphatic heterocycles. The molecule has 1 aromatic heterocycles. The van der Waals surface area contributed by atoms with Gasteiger partial charge in [0.2, 0.25) is 0 Å². The van der Waals surface area contributed by atoms with E-state index in [2.05, 4.69) is 20.9 Å². The standard InChI is InChI=1S/C16H17BrN2O2/c1-10-7-11(3-4-14(10)21-2)16(20)19-6-5-13-12(9-19)8-15(17)18-13/h3-4,7-8,18H,5-6,9H2,1-2H3. The highest BCUT2D eigenvalue weighted by Gasteiger charge is 2.23. The third-order valence-electron chi connectivity index (χ3n) is 3.88. The van der Waals surface area contributed by atoms with Gasteiger partial charge in [-0.05, 0) is 58.2 Å². The highest BCUT2D eigenvalue weighted by atomic mass is 79.9. The third kappa shape index (κ3) is 2.70. The molecule has 5 heteroatoms. The number of H-pyrrole nitrogens is 1. The summed E-state index contributed by atoms with van der Waals surface area (Å²) in [6, 6.07) is 7.62. The minimum Gasteiger partial charge on any atom is -0.496 e. The van der Waals surface area contributed by atoms with E-state index in [-0.39, 0.29) is 5.91 Å². The van der Waals surface area contributed by atoms with E-state index in [0.29, 0.717) is 12.1 Å². The van der Waals surface area contributed by atoms with Crippen molar-refractivity contribution < 1.29 is 9.53 Å². The molecule has 110 valence electrons. The summed E-state index contributed by atoms with van der Waals surface area (Å²) in [5.41, 5.74) is 4.10. The van der Waals surface area contributed by atoms with Crippen molar-refractivity contribution in [2.45, 2.75) is 19.9 Å². The Labute approximate surface area is 132 Å². The van der Waals surface area contributed by atoms with Crippen molar-refractivity contribution >= 4 is 21.8 Å². The van der Waals surface area contributed by atoms with Crippen molar-refractivity contribution in [3.63, 3.8) is 0 Å². The Kier molecular flexibility index (Phi) is 3.76. The lowest BCUT2D eigenvalue weighted by Crippen LogP contribution is -2.35. The fourth-order valence-corrected chi connectivity index (χ4v) is 3.28. The van der Waals surface area contributed by atoms with Crippen molar-refractivity contribution in [2.75, 3.05) is 13.7 Å². The molecule has 1 aromatic carbocycles. The average molecular weight is 349 g/mol. The summed E-state index contributed by atoms with van der Waals surface area (Å²) in [5.74, 6) is 0.880. The first-order valence-corrected chi connectivity index (χ1v) is 7.68.